The van der Waals surface area contributed by atoms with Crippen molar-refractivity contribution >= 4 is 12.3 Å². The Hall–Kier alpha value is -2.44. The molecule has 0 spiro atoms. The number of amides is 1. The van der Waals surface area contributed by atoms with Crippen LogP contribution in [0.15, 0.2) is 17.2 Å². The lowest BCUT2D eigenvalue weighted by Crippen LogP contribution is -2.29. The van der Waals surface area contributed by atoms with Gasteiger partial charge in [0, 0.05) is 5.56 Å². The molecule has 1 rings (SSSR count). The van der Waals surface area contributed by atoms with Gasteiger partial charge in [-0.15, -0.1) is 0 Å². The van der Waals surface area contributed by atoms with Crippen LogP contribution in [0.1, 0.15) is 26.3 Å². The van der Waals surface area contributed by atoms with Crippen LogP contribution in [0.2, 0.25) is 0 Å². The normalized spacial score (nSPS) is 11.5. The minimum Gasteiger partial charge on any atom is -0.504 e. The van der Waals surface area contributed by atoms with Crippen LogP contribution in [-0.2, 0) is 4.74 Å². The van der Waals surface area contributed by atoms with E-state index in [9.17, 15) is 15.0 Å². The van der Waals surface area contributed by atoms with Crippen LogP contribution in [0.5, 0.6) is 17.2 Å². The van der Waals surface area contributed by atoms with Gasteiger partial charge in [0.15, 0.2) is 11.5 Å². The Bertz CT molecular complexity index is 506. The van der Waals surface area contributed by atoms with E-state index in [2.05, 4.69) is 10.5 Å². The van der Waals surface area contributed by atoms with Crippen LogP contribution in [0.25, 0.3) is 0 Å². The largest absolute Gasteiger partial charge is 0.504 e. The van der Waals surface area contributed by atoms with E-state index >= 15 is 0 Å². The minimum atomic E-state index is -0.744. The van der Waals surface area contributed by atoms with Crippen molar-refractivity contribution in [3.05, 3.63) is 17.7 Å². The number of benzene rings is 1. The number of hydrogen-bond acceptors (Lipinski definition) is 6. The number of nitrogens with zero attached hydrogens (tertiary/aromatic N) is 1. The zero-order valence-electron chi connectivity index (χ0n) is 10.8. The summed E-state index contributed by atoms with van der Waals surface area (Å²) in [7, 11) is 0. The molecule has 4 N–H and O–H groups in total. The van der Waals surface area contributed by atoms with Gasteiger partial charge in [0.25, 0.3) is 0 Å². The third-order valence-electron chi connectivity index (χ3n) is 1.92. The number of hydrazone groups is 1. The van der Waals surface area contributed by atoms with Crippen molar-refractivity contribution in [3.63, 3.8) is 0 Å². The van der Waals surface area contributed by atoms with Gasteiger partial charge in [-0.25, -0.2) is 10.2 Å². The van der Waals surface area contributed by atoms with E-state index in [4.69, 9.17) is 9.84 Å². The predicted molar refractivity (Wildman–Crippen MR) is 68.4 cm³/mol. The van der Waals surface area contributed by atoms with Crippen LogP contribution < -0.4 is 5.43 Å². The molecule has 0 fully saturated rings. The third kappa shape index (κ3) is 4.38. The highest BCUT2D eigenvalue weighted by molar-refractivity contribution is 5.86. The van der Waals surface area contributed by atoms with Crippen LogP contribution in [-0.4, -0.2) is 33.2 Å². The summed E-state index contributed by atoms with van der Waals surface area (Å²) in [4.78, 5) is 11.3. The van der Waals surface area contributed by atoms with Crippen molar-refractivity contribution in [3.8, 4) is 17.2 Å². The van der Waals surface area contributed by atoms with Crippen molar-refractivity contribution in [2.24, 2.45) is 5.10 Å². The van der Waals surface area contributed by atoms with Gasteiger partial charge in [-0.2, -0.15) is 5.10 Å². The Labute approximate surface area is 110 Å². The van der Waals surface area contributed by atoms with Gasteiger partial charge in [0.05, 0.1) is 6.21 Å². The van der Waals surface area contributed by atoms with E-state index in [1.807, 2.05) is 0 Å². The lowest BCUT2D eigenvalue weighted by molar-refractivity contribution is 0.0529. The lowest BCUT2D eigenvalue weighted by Gasteiger charge is -2.18. The Balaban J connectivity index is 2.68. The average Bonchev–Trinajstić information content (AvgIpc) is 2.27. The van der Waals surface area contributed by atoms with E-state index in [0.29, 0.717) is 0 Å². The van der Waals surface area contributed by atoms with Crippen LogP contribution in [0, 0.1) is 0 Å². The van der Waals surface area contributed by atoms with E-state index in [1.54, 1.807) is 20.8 Å². The van der Waals surface area contributed by atoms with E-state index in [0.717, 1.165) is 6.21 Å². The summed E-state index contributed by atoms with van der Waals surface area (Å²) < 4.78 is 4.93. The van der Waals surface area contributed by atoms with Crippen LogP contribution in [0.3, 0.4) is 0 Å². The van der Waals surface area contributed by atoms with Crippen molar-refractivity contribution in [2.45, 2.75) is 26.4 Å². The maximum absolute atomic E-state index is 11.3. The molecule has 0 aliphatic carbocycles. The highest BCUT2D eigenvalue weighted by Gasteiger charge is 2.15. The zero-order valence-corrected chi connectivity index (χ0v) is 10.8. The molecule has 0 aliphatic heterocycles. The number of hydrogen-bond donors (Lipinski definition) is 4. The summed E-state index contributed by atoms with van der Waals surface area (Å²) in [5, 5.41) is 31.4. The average molecular weight is 268 g/mol. The van der Waals surface area contributed by atoms with Crippen molar-refractivity contribution in [1.29, 1.82) is 0 Å². The molecule has 0 aliphatic rings. The molecule has 1 aromatic carbocycles. The molecule has 0 aromatic heterocycles. The predicted octanol–water partition coefficient (Wildman–Crippen LogP) is 1.66. The molecule has 0 saturated heterocycles. The molecule has 0 radical (unpaired) electrons. The minimum absolute atomic E-state index is 0.131. The number of rotatable bonds is 2. The summed E-state index contributed by atoms with van der Waals surface area (Å²) in [6, 6.07) is 2.51. The maximum Gasteiger partial charge on any atom is 0.428 e. The number of nitrogens with one attached hydrogen (secondary N) is 1. The van der Waals surface area contributed by atoms with Crippen LogP contribution >= 0.6 is 0 Å². The second kappa shape index (κ2) is 5.47. The molecule has 7 heteroatoms. The molecule has 1 amide bonds. The smallest absolute Gasteiger partial charge is 0.428 e. The van der Waals surface area contributed by atoms with E-state index < -0.39 is 28.9 Å². The zero-order chi connectivity index (χ0) is 14.6. The van der Waals surface area contributed by atoms with Gasteiger partial charge in [0.2, 0.25) is 5.75 Å². The molecular weight excluding hydrogens is 252 g/mol. The first-order valence-electron chi connectivity index (χ1n) is 5.46. The van der Waals surface area contributed by atoms with Crippen molar-refractivity contribution < 1.29 is 24.9 Å². The molecule has 0 heterocycles. The first-order chi connectivity index (χ1) is 8.70. The molecule has 0 saturated carbocycles. The topological polar surface area (TPSA) is 111 Å². The van der Waals surface area contributed by atoms with E-state index in [-0.39, 0.29) is 5.56 Å². The highest BCUT2D eigenvalue weighted by Crippen LogP contribution is 2.36. The number of carbonyl (C=O) groups is 1. The van der Waals surface area contributed by atoms with Gasteiger partial charge in [-0.3, -0.25) is 0 Å². The number of phenolic OH excluding ortho intramolecular Hbond substituents is 3. The Morgan fingerprint density at radius 2 is 1.89 bits per heavy atom. The quantitative estimate of drug-likeness (QED) is 0.370. The van der Waals surface area contributed by atoms with Gasteiger partial charge >= 0.3 is 6.09 Å². The summed E-state index contributed by atoms with van der Waals surface area (Å²) >= 11 is 0. The summed E-state index contributed by atoms with van der Waals surface area (Å²) in [5.41, 5.74) is 1.59. The standard InChI is InChI=1S/C12H16N2O5/c1-12(2,3)19-11(18)14-13-6-7-4-5-8(15)10(17)9(7)16/h4-6,15-17H,1-3H3,(H,14,18)/b13-6+. The summed E-state index contributed by atoms with van der Waals surface area (Å²) in [6.45, 7) is 5.13. The first kappa shape index (κ1) is 14.6. The Morgan fingerprint density at radius 1 is 1.26 bits per heavy atom. The molecule has 1 aromatic rings. The number of carbonyl (C=O) groups excluding carboxylic acids is 1. The second-order valence-corrected chi connectivity index (χ2v) is 4.74. The molecular formula is C12H16N2O5. The number of ether oxygens (including phenoxy) is 1. The molecule has 0 unspecified atom stereocenters. The SMILES string of the molecule is CC(C)(C)OC(=O)N/N=C/c1ccc(O)c(O)c1O. The van der Waals surface area contributed by atoms with Gasteiger partial charge in [-0.05, 0) is 32.9 Å². The molecule has 0 atom stereocenters. The number of phenols is 3. The van der Waals surface area contributed by atoms with Crippen LogP contribution in [0.4, 0.5) is 4.79 Å². The fourth-order valence-corrected chi connectivity index (χ4v) is 1.14. The van der Waals surface area contributed by atoms with Gasteiger partial charge in [-0.1, -0.05) is 0 Å². The monoisotopic (exact) mass is 268 g/mol. The fraction of sp³-hybridized carbons (Fsp3) is 0.333. The van der Waals surface area contributed by atoms with Crippen molar-refractivity contribution in [2.75, 3.05) is 0 Å². The van der Waals surface area contributed by atoms with Gasteiger partial charge in [0.1, 0.15) is 5.60 Å². The molecule has 104 valence electrons. The Kier molecular flexibility index (Phi) is 4.21. The first-order valence-corrected chi connectivity index (χ1v) is 5.46. The summed E-state index contributed by atoms with van der Waals surface area (Å²) in [6.07, 6.45) is 0.365. The number of aromatic hydroxyl groups is 3. The second-order valence-electron chi connectivity index (χ2n) is 4.74. The molecule has 0 bridgehead atoms. The Morgan fingerprint density at radius 3 is 2.47 bits per heavy atom. The third-order valence-corrected chi connectivity index (χ3v) is 1.92. The maximum atomic E-state index is 11.3. The lowest BCUT2D eigenvalue weighted by atomic mass is 10.2. The van der Waals surface area contributed by atoms with Crippen molar-refractivity contribution in [1.82, 2.24) is 5.43 Å². The fourth-order valence-electron chi connectivity index (χ4n) is 1.14. The van der Waals surface area contributed by atoms with Gasteiger partial charge < -0.3 is 20.1 Å². The van der Waals surface area contributed by atoms with E-state index in [1.165, 1.54) is 12.1 Å². The molecule has 7 nitrogen and oxygen atoms in total. The summed E-state index contributed by atoms with van der Waals surface area (Å²) in [5.74, 6) is -1.63. The molecule has 19 heavy (non-hydrogen) atoms. The highest BCUT2D eigenvalue weighted by atomic mass is 16.6.